The summed E-state index contributed by atoms with van der Waals surface area (Å²) in [6, 6.07) is 17.5. The van der Waals surface area contributed by atoms with E-state index < -0.39 is 0 Å². The van der Waals surface area contributed by atoms with Crippen molar-refractivity contribution in [2.24, 2.45) is 5.92 Å². The first kappa shape index (κ1) is 19.5. The lowest BCUT2D eigenvalue weighted by Crippen LogP contribution is -2.49. The first-order valence-electron chi connectivity index (χ1n) is 10.1. The zero-order valence-electron chi connectivity index (χ0n) is 16.8. The number of benzene rings is 2. The van der Waals surface area contributed by atoms with Gasteiger partial charge >= 0.3 is 0 Å². The molecule has 2 aliphatic heterocycles. The van der Waals surface area contributed by atoms with Crippen LogP contribution in [0.25, 0.3) is 0 Å². The van der Waals surface area contributed by atoms with E-state index in [1.807, 2.05) is 59.5 Å². The summed E-state index contributed by atoms with van der Waals surface area (Å²) in [6.07, 6.45) is 0.289. The van der Waals surface area contributed by atoms with Crippen LogP contribution in [0.5, 0.6) is 5.75 Å². The molecule has 2 aromatic rings. The molecular weight excluding hydrogens is 366 g/mol. The minimum Gasteiger partial charge on any atom is -0.489 e. The third-order valence-electron chi connectivity index (χ3n) is 5.69. The molecule has 0 saturated carbocycles. The summed E-state index contributed by atoms with van der Waals surface area (Å²) in [7, 11) is 2.07. The lowest BCUT2D eigenvalue weighted by atomic mass is 10.1. The summed E-state index contributed by atoms with van der Waals surface area (Å²) in [5.41, 5.74) is 1.92. The quantitative estimate of drug-likeness (QED) is 0.783. The van der Waals surface area contributed by atoms with E-state index in [-0.39, 0.29) is 24.2 Å². The predicted octanol–water partition coefficient (Wildman–Crippen LogP) is 2.39. The third kappa shape index (κ3) is 4.59. The molecule has 4 rings (SSSR count). The lowest BCUT2D eigenvalue weighted by Gasteiger charge is -2.33. The molecule has 2 saturated heterocycles. The number of nitrogens with zero attached hydrogens (tertiary/aromatic N) is 3. The van der Waals surface area contributed by atoms with Crippen LogP contribution in [-0.2, 0) is 16.2 Å². The van der Waals surface area contributed by atoms with Crippen molar-refractivity contribution in [2.45, 2.75) is 13.0 Å². The Morgan fingerprint density at radius 1 is 1.00 bits per heavy atom. The van der Waals surface area contributed by atoms with Gasteiger partial charge in [0.05, 0.1) is 5.92 Å². The van der Waals surface area contributed by atoms with Gasteiger partial charge in [-0.15, -0.1) is 0 Å². The number of carbonyl (C=O) groups excluding carboxylic acids is 2. The molecule has 0 spiro atoms. The fourth-order valence-corrected chi connectivity index (χ4v) is 3.87. The maximum atomic E-state index is 12.8. The molecule has 152 valence electrons. The van der Waals surface area contributed by atoms with Gasteiger partial charge in [0, 0.05) is 44.8 Å². The van der Waals surface area contributed by atoms with Crippen LogP contribution in [0.15, 0.2) is 54.6 Å². The van der Waals surface area contributed by atoms with Gasteiger partial charge in [-0.1, -0.05) is 30.3 Å². The Bertz CT molecular complexity index is 845. The van der Waals surface area contributed by atoms with Crippen molar-refractivity contribution >= 4 is 17.5 Å². The number of hydrogen-bond donors (Lipinski definition) is 0. The molecule has 2 heterocycles. The van der Waals surface area contributed by atoms with Crippen LogP contribution in [0.1, 0.15) is 12.0 Å². The topological polar surface area (TPSA) is 53.1 Å². The molecule has 2 fully saturated rings. The smallest absolute Gasteiger partial charge is 0.228 e. The standard InChI is InChI=1S/C23H27N3O3/c1-24-11-13-25(14-12-24)23(28)19-15-22(27)26(16-19)20-7-9-21(10-8-20)29-17-18-5-3-2-4-6-18/h2-10,19H,11-17H2,1H3. The first-order valence-corrected chi connectivity index (χ1v) is 10.1. The molecule has 0 radical (unpaired) electrons. The second-order valence-corrected chi connectivity index (χ2v) is 7.80. The Morgan fingerprint density at radius 2 is 1.69 bits per heavy atom. The summed E-state index contributed by atoms with van der Waals surface area (Å²) in [5, 5.41) is 0. The van der Waals surface area contributed by atoms with Crippen LogP contribution >= 0.6 is 0 Å². The number of anilines is 1. The van der Waals surface area contributed by atoms with Crippen LogP contribution in [0.3, 0.4) is 0 Å². The summed E-state index contributed by atoms with van der Waals surface area (Å²) in [4.78, 5) is 31.2. The van der Waals surface area contributed by atoms with Crippen LogP contribution in [-0.4, -0.2) is 61.4 Å². The Morgan fingerprint density at radius 3 is 2.38 bits per heavy atom. The number of ether oxygens (including phenoxy) is 1. The molecule has 0 bridgehead atoms. The van der Waals surface area contributed by atoms with Gasteiger partial charge in [-0.2, -0.15) is 0 Å². The Kier molecular flexibility index (Phi) is 5.81. The molecule has 29 heavy (non-hydrogen) atoms. The fourth-order valence-electron chi connectivity index (χ4n) is 3.87. The Hall–Kier alpha value is -2.86. The van der Waals surface area contributed by atoms with Crippen LogP contribution < -0.4 is 9.64 Å². The SMILES string of the molecule is CN1CCN(C(=O)C2CC(=O)N(c3ccc(OCc4ccccc4)cc3)C2)CC1. The van der Waals surface area contributed by atoms with E-state index in [1.54, 1.807) is 4.90 Å². The predicted molar refractivity (Wildman–Crippen MR) is 112 cm³/mol. The second kappa shape index (κ2) is 8.66. The highest BCUT2D eigenvalue weighted by atomic mass is 16.5. The zero-order chi connectivity index (χ0) is 20.2. The normalized spacial score (nSPS) is 20.2. The Balaban J connectivity index is 1.34. The van der Waals surface area contributed by atoms with Crippen molar-refractivity contribution in [3.8, 4) is 5.75 Å². The van der Waals surface area contributed by atoms with Crippen LogP contribution in [0.2, 0.25) is 0 Å². The average molecular weight is 393 g/mol. The molecule has 6 heteroatoms. The van der Waals surface area contributed by atoms with Crippen LogP contribution in [0.4, 0.5) is 5.69 Å². The maximum Gasteiger partial charge on any atom is 0.228 e. The van der Waals surface area contributed by atoms with Gasteiger partial charge in [0.1, 0.15) is 12.4 Å². The fraction of sp³-hybridized carbons (Fsp3) is 0.391. The van der Waals surface area contributed by atoms with Gasteiger partial charge in [0.2, 0.25) is 11.8 Å². The van der Waals surface area contributed by atoms with Gasteiger partial charge in [-0.25, -0.2) is 0 Å². The minimum atomic E-state index is -0.250. The molecule has 1 atom stereocenters. The first-order chi connectivity index (χ1) is 14.1. The average Bonchev–Trinajstić information content (AvgIpc) is 3.15. The van der Waals surface area contributed by atoms with E-state index in [2.05, 4.69) is 11.9 Å². The van der Waals surface area contributed by atoms with E-state index in [9.17, 15) is 9.59 Å². The van der Waals surface area contributed by atoms with Crippen molar-refractivity contribution in [2.75, 3.05) is 44.7 Å². The molecule has 2 amide bonds. The second-order valence-electron chi connectivity index (χ2n) is 7.80. The number of piperazine rings is 1. The van der Waals surface area contributed by atoms with Gasteiger partial charge in [-0.05, 0) is 36.9 Å². The summed E-state index contributed by atoms with van der Waals surface area (Å²) in [6.45, 7) is 4.22. The molecule has 6 nitrogen and oxygen atoms in total. The van der Waals surface area contributed by atoms with Gasteiger partial charge < -0.3 is 19.4 Å². The largest absolute Gasteiger partial charge is 0.489 e. The number of hydrogen-bond acceptors (Lipinski definition) is 4. The zero-order valence-corrected chi connectivity index (χ0v) is 16.8. The molecule has 0 aliphatic carbocycles. The van der Waals surface area contributed by atoms with E-state index >= 15 is 0 Å². The van der Waals surface area contributed by atoms with E-state index in [1.165, 1.54) is 0 Å². The third-order valence-corrected chi connectivity index (χ3v) is 5.69. The number of likely N-dealkylation sites (N-methyl/N-ethyl adjacent to an activating group) is 1. The van der Waals surface area contributed by atoms with Gasteiger partial charge in [0.15, 0.2) is 0 Å². The van der Waals surface area contributed by atoms with Crippen molar-refractivity contribution in [3.63, 3.8) is 0 Å². The molecule has 0 aromatic heterocycles. The van der Waals surface area contributed by atoms with Crippen molar-refractivity contribution in [1.82, 2.24) is 9.80 Å². The lowest BCUT2D eigenvalue weighted by molar-refractivity contribution is -0.137. The minimum absolute atomic E-state index is 0.00966. The summed E-state index contributed by atoms with van der Waals surface area (Å²) < 4.78 is 5.82. The summed E-state index contributed by atoms with van der Waals surface area (Å²) >= 11 is 0. The monoisotopic (exact) mass is 393 g/mol. The summed E-state index contributed by atoms with van der Waals surface area (Å²) in [5.74, 6) is 0.626. The Labute approximate surface area is 171 Å². The van der Waals surface area contributed by atoms with Gasteiger partial charge in [-0.3, -0.25) is 9.59 Å². The highest BCUT2D eigenvalue weighted by molar-refractivity contribution is 6.00. The van der Waals surface area contributed by atoms with E-state index in [0.717, 1.165) is 43.2 Å². The number of amides is 2. The number of rotatable bonds is 5. The van der Waals surface area contributed by atoms with E-state index in [0.29, 0.717) is 13.2 Å². The highest BCUT2D eigenvalue weighted by Crippen LogP contribution is 2.28. The molecular formula is C23H27N3O3. The van der Waals surface area contributed by atoms with Crippen molar-refractivity contribution < 1.29 is 14.3 Å². The molecule has 0 N–H and O–H groups in total. The molecule has 2 aliphatic rings. The van der Waals surface area contributed by atoms with Crippen molar-refractivity contribution in [1.29, 1.82) is 0 Å². The van der Waals surface area contributed by atoms with Crippen LogP contribution in [0, 0.1) is 5.92 Å². The highest BCUT2D eigenvalue weighted by Gasteiger charge is 2.37. The van der Waals surface area contributed by atoms with Crippen molar-refractivity contribution in [3.05, 3.63) is 60.2 Å². The molecule has 2 aromatic carbocycles. The maximum absolute atomic E-state index is 12.8. The van der Waals surface area contributed by atoms with E-state index in [4.69, 9.17) is 4.74 Å². The number of carbonyl (C=O) groups is 2. The molecule has 1 unspecified atom stereocenters. The van der Waals surface area contributed by atoms with Gasteiger partial charge in [0.25, 0.3) is 0 Å².